The summed E-state index contributed by atoms with van der Waals surface area (Å²) in [4.78, 5) is 25.1. The molecule has 2 aromatic carbocycles. The predicted octanol–water partition coefficient (Wildman–Crippen LogP) is 6.32. The van der Waals surface area contributed by atoms with E-state index in [9.17, 15) is 40.3 Å². The Hall–Kier alpha value is -3.08. The molecule has 3 N–H and O–H groups in total. The fourth-order valence-electron chi connectivity index (χ4n) is 3.75. The first-order valence-electron chi connectivity index (χ1n) is 10.5. The van der Waals surface area contributed by atoms with Crippen LogP contribution in [0.1, 0.15) is 55.8 Å². The van der Waals surface area contributed by atoms with Crippen LogP contribution in [0.2, 0.25) is 5.02 Å². The van der Waals surface area contributed by atoms with E-state index in [0.717, 1.165) is 32.8 Å². The molecule has 0 spiro atoms. The summed E-state index contributed by atoms with van der Waals surface area (Å²) >= 11 is 6.06. The van der Waals surface area contributed by atoms with E-state index in [1.54, 1.807) is 0 Å². The quantitative estimate of drug-likeness (QED) is 0.258. The second-order valence-electron chi connectivity index (χ2n) is 8.55. The van der Waals surface area contributed by atoms with Gasteiger partial charge in [-0.15, -0.1) is 0 Å². The van der Waals surface area contributed by atoms with Crippen molar-refractivity contribution in [2.45, 2.75) is 50.8 Å². The molecule has 36 heavy (non-hydrogen) atoms. The number of carbonyl (C=O) groups is 2. The molecule has 1 aliphatic rings. The number of nitrogens with one attached hydrogen (secondary N) is 1. The van der Waals surface area contributed by atoms with Gasteiger partial charge in [0.1, 0.15) is 0 Å². The minimum atomic E-state index is -6.26. The summed E-state index contributed by atoms with van der Waals surface area (Å²) in [5, 5.41) is 2.84. The monoisotopic (exact) mass is 536 g/mol. The Bertz CT molecular complexity index is 1210. The largest absolute Gasteiger partial charge is 0.435 e. The number of rotatable bonds is 6. The number of amides is 1. The molecule has 0 unspecified atom stereocenters. The zero-order chi connectivity index (χ0) is 27.2. The smallest absolute Gasteiger partial charge is 0.398 e. The van der Waals surface area contributed by atoms with Crippen molar-refractivity contribution in [2.24, 2.45) is 5.73 Å². The van der Waals surface area contributed by atoms with Gasteiger partial charge in [0, 0.05) is 34.5 Å². The lowest BCUT2D eigenvalue weighted by Gasteiger charge is -2.31. The number of halogens is 8. The second kappa shape index (κ2) is 9.42. The van der Waals surface area contributed by atoms with Crippen LogP contribution in [0.25, 0.3) is 5.70 Å². The third kappa shape index (κ3) is 5.21. The van der Waals surface area contributed by atoms with Crippen molar-refractivity contribution in [3.8, 4) is 0 Å². The SMILES string of the molecule is Cc1cc(C(F)(C(F)(F)F)C(F)(F)F)cc(C)c1C(N)=CC(=O)c1ccc(Cl)c(C(=O)NC2CC2)c1. The van der Waals surface area contributed by atoms with Gasteiger partial charge < -0.3 is 11.1 Å². The van der Waals surface area contributed by atoms with Crippen LogP contribution in [0, 0.1) is 13.8 Å². The number of nitrogens with two attached hydrogens (primary N) is 1. The Balaban J connectivity index is 1.97. The molecule has 194 valence electrons. The molecule has 1 saturated carbocycles. The molecule has 0 atom stereocenters. The van der Waals surface area contributed by atoms with Crippen LogP contribution < -0.4 is 11.1 Å². The van der Waals surface area contributed by atoms with Gasteiger partial charge in [0.05, 0.1) is 10.6 Å². The average molecular weight is 537 g/mol. The molecule has 0 heterocycles. The molecular weight excluding hydrogens is 517 g/mol. The highest BCUT2D eigenvalue weighted by molar-refractivity contribution is 6.34. The van der Waals surface area contributed by atoms with Crippen LogP contribution in [-0.4, -0.2) is 30.1 Å². The minimum absolute atomic E-state index is 0.0205. The third-order valence-corrected chi connectivity index (χ3v) is 6.02. The van der Waals surface area contributed by atoms with Gasteiger partial charge >= 0.3 is 18.0 Å². The number of aryl methyl sites for hydroxylation is 2. The molecule has 1 fully saturated rings. The molecule has 1 aliphatic carbocycles. The van der Waals surface area contributed by atoms with E-state index in [1.807, 2.05) is 0 Å². The van der Waals surface area contributed by atoms with Gasteiger partial charge in [-0.1, -0.05) is 23.7 Å². The summed E-state index contributed by atoms with van der Waals surface area (Å²) in [6.45, 7) is 2.29. The summed E-state index contributed by atoms with van der Waals surface area (Å²) in [6, 6.07) is 4.75. The molecule has 4 nitrogen and oxygen atoms in total. The maximum Gasteiger partial charge on any atom is 0.435 e. The first-order valence-corrected chi connectivity index (χ1v) is 10.9. The van der Waals surface area contributed by atoms with Crippen LogP contribution in [0.5, 0.6) is 0 Å². The van der Waals surface area contributed by atoms with Crippen LogP contribution in [0.15, 0.2) is 36.4 Å². The topological polar surface area (TPSA) is 72.2 Å². The molecule has 2 aromatic rings. The van der Waals surface area contributed by atoms with Gasteiger partial charge in [-0.25, -0.2) is 4.39 Å². The zero-order valence-corrected chi connectivity index (χ0v) is 19.6. The van der Waals surface area contributed by atoms with Crippen molar-refractivity contribution in [3.05, 3.63) is 74.8 Å². The highest BCUT2D eigenvalue weighted by Crippen LogP contribution is 2.53. The van der Waals surface area contributed by atoms with E-state index in [0.29, 0.717) is 12.1 Å². The molecule has 0 bridgehead atoms. The molecule has 12 heteroatoms. The zero-order valence-electron chi connectivity index (χ0n) is 18.9. The minimum Gasteiger partial charge on any atom is -0.398 e. The Morgan fingerprint density at radius 1 is 0.972 bits per heavy atom. The average Bonchev–Trinajstić information content (AvgIpc) is 3.54. The second-order valence-corrected chi connectivity index (χ2v) is 8.95. The molecule has 0 aliphatic heterocycles. The van der Waals surface area contributed by atoms with E-state index in [-0.39, 0.29) is 44.6 Å². The number of hydrogen-bond donors (Lipinski definition) is 2. The molecular formula is C24H20ClF7N2O2. The van der Waals surface area contributed by atoms with Crippen molar-refractivity contribution in [1.82, 2.24) is 5.32 Å². The molecule has 0 saturated heterocycles. The van der Waals surface area contributed by atoms with Crippen LogP contribution in [0.4, 0.5) is 30.7 Å². The summed E-state index contributed by atoms with van der Waals surface area (Å²) in [5.41, 5.74) is -1.92. The van der Waals surface area contributed by atoms with Crippen molar-refractivity contribution in [2.75, 3.05) is 0 Å². The molecule has 0 aromatic heterocycles. The van der Waals surface area contributed by atoms with Crippen molar-refractivity contribution < 1.29 is 40.3 Å². The molecule has 3 rings (SSSR count). The van der Waals surface area contributed by atoms with E-state index in [2.05, 4.69) is 5.32 Å². The number of alkyl halides is 7. The van der Waals surface area contributed by atoms with Gasteiger partial charge in [-0.3, -0.25) is 9.59 Å². The Morgan fingerprint density at radius 3 is 1.97 bits per heavy atom. The van der Waals surface area contributed by atoms with Crippen LogP contribution in [-0.2, 0) is 5.67 Å². The number of carbonyl (C=O) groups excluding carboxylic acids is 2. The van der Waals surface area contributed by atoms with Gasteiger partial charge in [-0.2, -0.15) is 26.3 Å². The third-order valence-electron chi connectivity index (χ3n) is 5.70. The fraction of sp³-hybridized carbons (Fsp3) is 0.333. The lowest BCUT2D eigenvalue weighted by atomic mass is 9.88. The van der Waals surface area contributed by atoms with Gasteiger partial charge in [-0.05, 0) is 56.0 Å². The van der Waals surface area contributed by atoms with Gasteiger partial charge in [0.2, 0.25) is 0 Å². The summed E-state index contributed by atoms with van der Waals surface area (Å²) in [6.07, 6.45) is -9.96. The van der Waals surface area contributed by atoms with E-state index in [1.165, 1.54) is 18.2 Å². The van der Waals surface area contributed by atoms with E-state index < -0.39 is 35.3 Å². The van der Waals surface area contributed by atoms with Gasteiger partial charge in [0.15, 0.2) is 5.78 Å². The molecule has 1 amide bonds. The van der Waals surface area contributed by atoms with E-state index in [4.69, 9.17) is 17.3 Å². The fourth-order valence-corrected chi connectivity index (χ4v) is 3.95. The lowest BCUT2D eigenvalue weighted by Crippen LogP contribution is -2.50. The number of ketones is 1. The predicted molar refractivity (Wildman–Crippen MR) is 119 cm³/mol. The Kier molecular flexibility index (Phi) is 7.20. The standard InChI is InChI=1S/C24H20ClF7N2O2/c1-11-7-14(22(26,23(27,28)29)24(30,31)32)8-12(2)20(11)18(33)10-19(35)13-3-6-17(25)16(9-13)21(36)34-15-4-5-15/h3,6-10,15H,4-5,33H2,1-2H3,(H,34,36). The van der Waals surface area contributed by atoms with E-state index >= 15 is 0 Å². The van der Waals surface area contributed by atoms with Gasteiger partial charge in [0.25, 0.3) is 5.91 Å². The highest BCUT2D eigenvalue weighted by Gasteiger charge is 2.73. The maximum absolute atomic E-state index is 14.5. The van der Waals surface area contributed by atoms with Crippen LogP contribution in [0.3, 0.4) is 0 Å². The van der Waals surface area contributed by atoms with Crippen molar-refractivity contribution in [1.29, 1.82) is 0 Å². The van der Waals surface area contributed by atoms with Crippen molar-refractivity contribution >= 4 is 29.0 Å². The Labute approximate surface area is 206 Å². The summed E-state index contributed by atoms with van der Waals surface area (Å²) < 4.78 is 93.4. The Morgan fingerprint density at radius 2 is 1.50 bits per heavy atom. The molecule has 0 radical (unpaired) electrons. The highest BCUT2D eigenvalue weighted by atomic mass is 35.5. The lowest BCUT2D eigenvalue weighted by molar-refractivity contribution is -0.348. The maximum atomic E-state index is 14.5. The van der Waals surface area contributed by atoms with Crippen LogP contribution >= 0.6 is 11.6 Å². The first kappa shape index (κ1) is 27.5. The number of allylic oxidation sites excluding steroid dienone is 1. The number of benzene rings is 2. The summed E-state index contributed by atoms with van der Waals surface area (Å²) in [5.74, 6) is -1.17. The summed E-state index contributed by atoms with van der Waals surface area (Å²) in [7, 11) is 0. The normalized spacial score (nSPS) is 15.1. The van der Waals surface area contributed by atoms with Crippen molar-refractivity contribution in [3.63, 3.8) is 0 Å². The first-order chi connectivity index (χ1) is 16.5. The number of hydrogen-bond acceptors (Lipinski definition) is 3.